The van der Waals surface area contributed by atoms with Crippen LogP contribution in [0.1, 0.15) is 112 Å². The summed E-state index contributed by atoms with van der Waals surface area (Å²) in [5, 5.41) is 10.9. The van der Waals surface area contributed by atoms with Crippen molar-refractivity contribution in [2.75, 3.05) is 7.11 Å². The number of aliphatic hydroxyl groups is 1. The van der Waals surface area contributed by atoms with Gasteiger partial charge in [-0.2, -0.15) is 0 Å². The van der Waals surface area contributed by atoms with Gasteiger partial charge < -0.3 is 24.1 Å². The molecule has 2 atom stereocenters. The molecule has 0 amide bonds. The Morgan fingerprint density at radius 3 is 2.38 bits per heavy atom. The summed E-state index contributed by atoms with van der Waals surface area (Å²) in [4.78, 5) is 27.4. The van der Waals surface area contributed by atoms with E-state index in [9.17, 15) is 14.7 Å². The Kier molecular flexibility index (Phi) is 7.64. The maximum Gasteiger partial charge on any atom is 0.346 e. The maximum atomic E-state index is 13.9. The number of cyclic esters (lactones) is 1. The molecule has 7 heteroatoms. The third kappa shape index (κ3) is 4.56. The average molecular weight is 551 g/mol. The van der Waals surface area contributed by atoms with Gasteiger partial charge in [-0.15, -0.1) is 0 Å². The highest BCUT2D eigenvalue weighted by molar-refractivity contribution is 5.97. The number of ether oxygens (including phenoxy) is 4. The molecule has 0 saturated heterocycles. The van der Waals surface area contributed by atoms with E-state index < -0.39 is 23.6 Å². The lowest BCUT2D eigenvalue weighted by molar-refractivity contribution is -0.147. The molecular weight excluding hydrogens is 508 g/mol. The van der Waals surface area contributed by atoms with E-state index in [1.165, 1.54) is 7.11 Å². The van der Waals surface area contributed by atoms with Crippen LogP contribution in [0.5, 0.6) is 23.0 Å². The lowest BCUT2D eigenvalue weighted by Gasteiger charge is -2.30. The first-order valence-electron chi connectivity index (χ1n) is 14.7. The van der Waals surface area contributed by atoms with Gasteiger partial charge in [-0.25, -0.2) is 4.79 Å². The third-order valence-electron chi connectivity index (χ3n) is 9.55. The summed E-state index contributed by atoms with van der Waals surface area (Å²) in [5.74, 6) is 1.33. The van der Waals surface area contributed by atoms with Crippen LogP contribution in [0.25, 0.3) is 0 Å². The van der Waals surface area contributed by atoms with Gasteiger partial charge in [-0.3, -0.25) is 4.79 Å². The molecule has 7 nitrogen and oxygen atoms in total. The van der Waals surface area contributed by atoms with Crippen LogP contribution in [-0.2, 0) is 16.0 Å². The van der Waals surface area contributed by atoms with Crippen LogP contribution in [-0.4, -0.2) is 24.2 Å². The monoisotopic (exact) mass is 550 g/mol. The maximum absolute atomic E-state index is 13.9. The Bertz CT molecular complexity index is 1310. The van der Waals surface area contributed by atoms with E-state index in [4.69, 9.17) is 18.9 Å². The molecule has 2 saturated carbocycles. The highest BCUT2D eigenvalue weighted by Crippen LogP contribution is 2.59. The number of aliphatic hydroxyl groups excluding tert-OH is 1. The standard InChI is InChI=1S/C33H42O7/c1-8-22-18(4)16-24-19(5)38-31(35)27-26(14-13-23(28(27)37-7)25(34)15-17(2)3)39-30(24)29(22)40-32(36)33(6)20-9-10-21(33)12-11-20/h13-14,16-17,19-21,25,34H,8-12,15H2,1-7H3/t19?,20?,21?,25-,33?/m0/s1. The summed E-state index contributed by atoms with van der Waals surface area (Å²) in [5.41, 5.74) is 2.57. The molecule has 1 N–H and O–H groups in total. The van der Waals surface area contributed by atoms with Crippen molar-refractivity contribution in [1.29, 1.82) is 0 Å². The van der Waals surface area contributed by atoms with Crippen LogP contribution in [0, 0.1) is 30.1 Å². The van der Waals surface area contributed by atoms with E-state index in [2.05, 4.69) is 6.92 Å². The van der Waals surface area contributed by atoms with Crippen molar-refractivity contribution >= 4 is 11.9 Å². The number of hydrogen-bond donors (Lipinski definition) is 1. The van der Waals surface area contributed by atoms with Crippen molar-refractivity contribution in [1.82, 2.24) is 0 Å². The predicted molar refractivity (Wildman–Crippen MR) is 151 cm³/mol. The van der Waals surface area contributed by atoms with Gasteiger partial charge in [-0.05, 0) is 101 Å². The summed E-state index contributed by atoms with van der Waals surface area (Å²) in [7, 11) is 1.47. The number of fused-ring (bicyclic) bond motifs is 4. The van der Waals surface area contributed by atoms with E-state index in [-0.39, 0.29) is 28.9 Å². The molecule has 216 valence electrons. The van der Waals surface area contributed by atoms with Crippen molar-refractivity contribution < 1.29 is 33.6 Å². The molecule has 0 aromatic heterocycles. The molecule has 2 aromatic carbocycles. The first kappa shape index (κ1) is 28.5. The van der Waals surface area contributed by atoms with Gasteiger partial charge in [0, 0.05) is 16.7 Å². The SMILES string of the molecule is CCc1c(C)cc2c(c1OC(=O)C1(C)C3CCC1CC3)Oc1ccc([C@@H](O)CC(C)C)c(OC)c1C(=O)OC2C. The van der Waals surface area contributed by atoms with Gasteiger partial charge in [-0.1, -0.05) is 20.8 Å². The summed E-state index contributed by atoms with van der Waals surface area (Å²) < 4.78 is 24.5. The Morgan fingerprint density at radius 1 is 1.15 bits per heavy atom. The quantitative estimate of drug-likeness (QED) is 0.284. The van der Waals surface area contributed by atoms with Crippen molar-refractivity contribution in [3.63, 3.8) is 0 Å². The van der Waals surface area contributed by atoms with Crippen LogP contribution in [0.15, 0.2) is 18.2 Å². The average Bonchev–Trinajstić information content (AvgIpc) is 3.41. The molecule has 0 radical (unpaired) electrons. The zero-order chi connectivity index (χ0) is 28.9. The number of rotatable bonds is 7. The smallest absolute Gasteiger partial charge is 0.346 e. The highest BCUT2D eigenvalue weighted by Gasteiger charge is 2.57. The second-order valence-electron chi connectivity index (χ2n) is 12.3. The van der Waals surface area contributed by atoms with Crippen LogP contribution in [0.3, 0.4) is 0 Å². The van der Waals surface area contributed by atoms with E-state index in [0.717, 1.165) is 36.8 Å². The van der Waals surface area contributed by atoms with Crippen LogP contribution in [0.2, 0.25) is 0 Å². The number of esters is 2. The van der Waals surface area contributed by atoms with Crippen LogP contribution < -0.4 is 14.2 Å². The van der Waals surface area contributed by atoms with Gasteiger partial charge in [0.2, 0.25) is 0 Å². The second kappa shape index (κ2) is 10.7. The molecule has 2 aromatic rings. The lowest BCUT2D eigenvalue weighted by atomic mass is 9.79. The second-order valence-corrected chi connectivity index (χ2v) is 12.3. The number of carbonyl (C=O) groups is 2. The van der Waals surface area contributed by atoms with Crippen LogP contribution >= 0.6 is 0 Å². The molecular formula is C33H42O7. The van der Waals surface area contributed by atoms with Gasteiger partial charge in [0.1, 0.15) is 23.2 Å². The molecule has 0 spiro atoms. The summed E-state index contributed by atoms with van der Waals surface area (Å²) in [6.07, 6.45) is 3.88. The van der Waals surface area contributed by atoms with E-state index in [1.807, 2.05) is 33.8 Å². The molecule has 1 heterocycles. The van der Waals surface area contributed by atoms with Gasteiger partial charge >= 0.3 is 11.9 Å². The summed E-state index contributed by atoms with van der Waals surface area (Å²) in [6.45, 7) is 11.9. The van der Waals surface area contributed by atoms with Crippen molar-refractivity contribution in [2.24, 2.45) is 23.2 Å². The molecule has 1 unspecified atom stereocenters. The Balaban J connectivity index is 1.64. The summed E-state index contributed by atoms with van der Waals surface area (Å²) >= 11 is 0. The zero-order valence-electron chi connectivity index (χ0n) is 24.8. The summed E-state index contributed by atoms with van der Waals surface area (Å²) in [6, 6.07) is 5.33. The first-order chi connectivity index (χ1) is 19.0. The number of carbonyl (C=O) groups excluding carboxylic acids is 2. The van der Waals surface area contributed by atoms with Crippen molar-refractivity contribution in [3.05, 3.63) is 46.0 Å². The Labute approximate surface area is 237 Å². The van der Waals surface area contributed by atoms with Crippen LogP contribution in [0.4, 0.5) is 0 Å². The van der Waals surface area contributed by atoms with Gasteiger partial charge in [0.05, 0.1) is 18.6 Å². The minimum atomic E-state index is -0.823. The Hall–Kier alpha value is -3.06. The molecule has 3 aliphatic rings. The van der Waals surface area contributed by atoms with Gasteiger partial charge in [0.15, 0.2) is 11.5 Å². The fourth-order valence-corrected chi connectivity index (χ4v) is 7.26. The minimum absolute atomic E-state index is 0.108. The van der Waals surface area contributed by atoms with E-state index >= 15 is 0 Å². The lowest BCUT2D eigenvalue weighted by Crippen LogP contribution is -2.36. The number of hydrogen-bond acceptors (Lipinski definition) is 7. The fraction of sp³-hybridized carbons (Fsp3) is 0.576. The molecule has 5 rings (SSSR count). The highest BCUT2D eigenvalue weighted by atomic mass is 16.6. The molecule has 1 aliphatic heterocycles. The van der Waals surface area contributed by atoms with Crippen molar-refractivity contribution in [2.45, 2.75) is 92.3 Å². The first-order valence-corrected chi connectivity index (χ1v) is 14.7. The third-order valence-corrected chi connectivity index (χ3v) is 9.55. The topological polar surface area (TPSA) is 91.3 Å². The molecule has 2 aliphatic carbocycles. The van der Waals surface area contributed by atoms with E-state index in [0.29, 0.717) is 47.3 Å². The fourth-order valence-electron chi connectivity index (χ4n) is 7.26. The number of benzene rings is 2. The number of aryl methyl sites for hydroxylation is 1. The Morgan fingerprint density at radius 2 is 1.80 bits per heavy atom. The molecule has 2 bridgehead atoms. The largest absolute Gasteiger partial charge is 0.495 e. The number of methoxy groups -OCH3 is 1. The molecule has 2 fully saturated rings. The molecule has 40 heavy (non-hydrogen) atoms. The van der Waals surface area contributed by atoms with Crippen molar-refractivity contribution in [3.8, 4) is 23.0 Å². The zero-order valence-corrected chi connectivity index (χ0v) is 24.8. The predicted octanol–water partition coefficient (Wildman–Crippen LogP) is 7.40. The minimum Gasteiger partial charge on any atom is -0.495 e. The van der Waals surface area contributed by atoms with E-state index in [1.54, 1.807) is 19.1 Å². The van der Waals surface area contributed by atoms with Gasteiger partial charge in [0.25, 0.3) is 0 Å². The normalized spacial score (nSPS) is 25.8.